The minimum atomic E-state index is 0.306. The van der Waals surface area contributed by atoms with Crippen molar-refractivity contribution in [2.24, 2.45) is 0 Å². The largest absolute Gasteiger partial charge is 0.508 e. The molecule has 17 heavy (non-hydrogen) atoms. The van der Waals surface area contributed by atoms with Gasteiger partial charge >= 0.3 is 0 Å². The average molecular weight is 293 g/mol. The molecule has 3 nitrogen and oxygen atoms in total. The zero-order valence-corrected chi connectivity index (χ0v) is 11.0. The molecule has 2 aromatic rings. The highest BCUT2D eigenvalue weighted by atomic mass is 79.9. The van der Waals surface area contributed by atoms with Crippen molar-refractivity contribution in [2.75, 3.05) is 5.32 Å². The summed E-state index contributed by atoms with van der Waals surface area (Å²) < 4.78 is 0.946. The Morgan fingerprint density at radius 3 is 2.82 bits per heavy atom. The van der Waals surface area contributed by atoms with E-state index in [2.05, 4.69) is 26.2 Å². The van der Waals surface area contributed by atoms with Crippen LogP contribution in [-0.2, 0) is 6.54 Å². The molecule has 0 saturated heterocycles. The van der Waals surface area contributed by atoms with Crippen LogP contribution in [0.4, 0.5) is 5.82 Å². The van der Waals surface area contributed by atoms with Crippen LogP contribution in [0.1, 0.15) is 11.1 Å². The molecule has 1 aromatic heterocycles. The van der Waals surface area contributed by atoms with Crippen LogP contribution in [0, 0.1) is 6.92 Å². The van der Waals surface area contributed by atoms with Crippen molar-refractivity contribution in [2.45, 2.75) is 13.5 Å². The molecule has 1 heterocycles. The third kappa shape index (κ3) is 3.20. The lowest BCUT2D eigenvalue weighted by atomic mass is 10.1. The van der Waals surface area contributed by atoms with Gasteiger partial charge in [0.25, 0.3) is 0 Å². The number of hydrogen-bond donors (Lipinski definition) is 2. The van der Waals surface area contributed by atoms with Gasteiger partial charge in [-0.05, 0) is 41.1 Å². The fourth-order valence-electron chi connectivity index (χ4n) is 1.52. The van der Waals surface area contributed by atoms with E-state index in [-0.39, 0.29) is 0 Å². The lowest BCUT2D eigenvalue weighted by Gasteiger charge is -2.08. The van der Waals surface area contributed by atoms with Gasteiger partial charge in [0.2, 0.25) is 0 Å². The van der Waals surface area contributed by atoms with E-state index < -0.39 is 0 Å². The second kappa shape index (κ2) is 5.19. The molecule has 0 amide bonds. The molecule has 4 heteroatoms. The molecule has 0 atom stereocenters. The maximum absolute atomic E-state index is 9.69. The Morgan fingerprint density at radius 1 is 1.29 bits per heavy atom. The number of halogens is 1. The molecule has 0 unspecified atom stereocenters. The molecule has 0 aliphatic carbocycles. The Balaban J connectivity index is 2.07. The quantitative estimate of drug-likeness (QED) is 0.910. The van der Waals surface area contributed by atoms with Crippen LogP contribution in [0.5, 0.6) is 5.75 Å². The number of anilines is 1. The summed E-state index contributed by atoms with van der Waals surface area (Å²) in [6.45, 7) is 2.56. The Hall–Kier alpha value is -1.55. The molecule has 0 saturated carbocycles. The molecule has 1 aromatic carbocycles. The Morgan fingerprint density at radius 2 is 2.12 bits per heavy atom. The topological polar surface area (TPSA) is 45.1 Å². The molecule has 88 valence electrons. The van der Waals surface area contributed by atoms with Crippen LogP contribution in [0.15, 0.2) is 41.0 Å². The highest BCUT2D eigenvalue weighted by Crippen LogP contribution is 2.19. The standard InChI is InChI=1S/C13H13BrN2O/c1-9-2-4-12(17)10(6-9)7-15-13-5-3-11(14)8-16-13/h2-6,8,17H,7H2,1H3,(H,15,16). The highest BCUT2D eigenvalue weighted by Gasteiger charge is 2.01. The molecular weight excluding hydrogens is 280 g/mol. The number of aryl methyl sites for hydroxylation is 1. The SMILES string of the molecule is Cc1ccc(O)c(CNc2ccc(Br)cn2)c1. The Labute approximate surface area is 109 Å². The van der Waals surface area contributed by atoms with Gasteiger partial charge in [-0.1, -0.05) is 17.7 Å². The van der Waals surface area contributed by atoms with Crippen LogP contribution in [-0.4, -0.2) is 10.1 Å². The van der Waals surface area contributed by atoms with Crippen molar-refractivity contribution in [3.63, 3.8) is 0 Å². The van der Waals surface area contributed by atoms with Crippen LogP contribution in [0.25, 0.3) is 0 Å². The molecule has 2 N–H and O–H groups in total. The van der Waals surface area contributed by atoms with Crippen molar-refractivity contribution >= 4 is 21.7 Å². The van der Waals surface area contributed by atoms with Gasteiger partial charge in [-0.15, -0.1) is 0 Å². The lowest BCUT2D eigenvalue weighted by Crippen LogP contribution is -2.01. The van der Waals surface area contributed by atoms with Crippen molar-refractivity contribution in [3.8, 4) is 5.75 Å². The van der Waals surface area contributed by atoms with E-state index in [9.17, 15) is 5.11 Å². The summed E-state index contributed by atoms with van der Waals surface area (Å²) in [5.41, 5.74) is 2.00. The van der Waals surface area contributed by atoms with E-state index >= 15 is 0 Å². The van der Waals surface area contributed by atoms with Gasteiger partial charge in [-0.3, -0.25) is 0 Å². The average Bonchev–Trinajstić information content (AvgIpc) is 2.32. The maximum atomic E-state index is 9.69. The van der Waals surface area contributed by atoms with Gasteiger partial charge in [-0.25, -0.2) is 4.98 Å². The summed E-state index contributed by atoms with van der Waals surface area (Å²) in [5, 5.41) is 12.9. The van der Waals surface area contributed by atoms with Gasteiger partial charge in [-0.2, -0.15) is 0 Å². The number of aromatic nitrogens is 1. The number of nitrogens with zero attached hydrogens (tertiary/aromatic N) is 1. The van der Waals surface area contributed by atoms with Gasteiger partial charge in [0, 0.05) is 22.8 Å². The minimum Gasteiger partial charge on any atom is -0.508 e. The van der Waals surface area contributed by atoms with E-state index in [0.29, 0.717) is 12.3 Å². The monoisotopic (exact) mass is 292 g/mol. The second-order valence-corrected chi connectivity index (χ2v) is 4.76. The predicted molar refractivity (Wildman–Crippen MR) is 72.1 cm³/mol. The number of phenols is 1. The zero-order valence-electron chi connectivity index (χ0n) is 9.44. The number of nitrogens with one attached hydrogen (secondary N) is 1. The lowest BCUT2D eigenvalue weighted by molar-refractivity contribution is 0.469. The first-order valence-corrected chi connectivity index (χ1v) is 6.08. The van der Waals surface area contributed by atoms with Gasteiger partial charge in [0.1, 0.15) is 11.6 Å². The molecular formula is C13H13BrN2O. The molecule has 0 aliphatic rings. The summed E-state index contributed by atoms with van der Waals surface area (Å²) >= 11 is 3.33. The predicted octanol–water partition coefficient (Wildman–Crippen LogP) is 3.47. The first-order chi connectivity index (χ1) is 8.15. The minimum absolute atomic E-state index is 0.306. The molecule has 0 spiro atoms. The Kier molecular flexibility index (Phi) is 3.64. The third-order valence-corrected chi connectivity index (χ3v) is 2.89. The first-order valence-electron chi connectivity index (χ1n) is 5.29. The number of rotatable bonds is 3. The zero-order chi connectivity index (χ0) is 12.3. The normalized spacial score (nSPS) is 10.2. The van der Waals surface area contributed by atoms with Crippen LogP contribution < -0.4 is 5.32 Å². The summed E-state index contributed by atoms with van der Waals surface area (Å²) in [6, 6.07) is 9.36. The van der Waals surface area contributed by atoms with Crippen molar-refractivity contribution in [3.05, 3.63) is 52.1 Å². The van der Waals surface area contributed by atoms with Crippen LogP contribution in [0.2, 0.25) is 0 Å². The van der Waals surface area contributed by atoms with E-state index in [4.69, 9.17) is 0 Å². The number of hydrogen-bond acceptors (Lipinski definition) is 3. The summed E-state index contributed by atoms with van der Waals surface area (Å²) in [6.07, 6.45) is 1.73. The molecule has 0 bridgehead atoms. The van der Waals surface area contributed by atoms with Crippen LogP contribution in [0.3, 0.4) is 0 Å². The first kappa shape index (κ1) is 11.9. The van der Waals surface area contributed by atoms with Crippen LogP contribution >= 0.6 is 15.9 Å². The van der Waals surface area contributed by atoms with E-state index in [1.165, 1.54) is 0 Å². The molecule has 2 rings (SSSR count). The highest BCUT2D eigenvalue weighted by molar-refractivity contribution is 9.10. The number of aromatic hydroxyl groups is 1. The Bertz CT molecular complexity index is 511. The number of phenolic OH excluding ortho intramolecular Hbond substituents is 1. The van der Waals surface area contributed by atoms with Gasteiger partial charge in [0.05, 0.1) is 0 Å². The van der Waals surface area contributed by atoms with Crippen molar-refractivity contribution in [1.29, 1.82) is 0 Å². The molecule has 0 fully saturated rings. The fraction of sp³-hybridized carbons (Fsp3) is 0.154. The number of benzene rings is 1. The number of pyridine rings is 1. The van der Waals surface area contributed by atoms with Gasteiger partial charge < -0.3 is 10.4 Å². The van der Waals surface area contributed by atoms with E-state index in [1.54, 1.807) is 12.3 Å². The van der Waals surface area contributed by atoms with Crippen molar-refractivity contribution in [1.82, 2.24) is 4.98 Å². The van der Waals surface area contributed by atoms with Crippen molar-refractivity contribution < 1.29 is 5.11 Å². The maximum Gasteiger partial charge on any atom is 0.126 e. The fourth-order valence-corrected chi connectivity index (χ4v) is 1.76. The smallest absolute Gasteiger partial charge is 0.126 e. The third-order valence-electron chi connectivity index (χ3n) is 2.42. The summed E-state index contributed by atoms with van der Waals surface area (Å²) in [5.74, 6) is 1.09. The van der Waals surface area contributed by atoms with Gasteiger partial charge in [0.15, 0.2) is 0 Å². The van der Waals surface area contributed by atoms with E-state index in [0.717, 1.165) is 21.4 Å². The summed E-state index contributed by atoms with van der Waals surface area (Å²) in [4.78, 5) is 4.21. The molecule has 0 radical (unpaired) electrons. The molecule has 0 aliphatic heterocycles. The van der Waals surface area contributed by atoms with E-state index in [1.807, 2.05) is 31.2 Å². The second-order valence-electron chi connectivity index (χ2n) is 3.85. The summed E-state index contributed by atoms with van der Waals surface area (Å²) in [7, 11) is 0.